The number of sulfonamides is 1. The van der Waals surface area contributed by atoms with Gasteiger partial charge in [-0.2, -0.15) is 0 Å². The first-order valence-electron chi connectivity index (χ1n) is 10.8. The van der Waals surface area contributed by atoms with E-state index in [1.807, 2.05) is 0 Å². The zero-order valence-electron chi connectivity index (χ0n) is 19.7. The summed E-state index contributed by atoms with van der Waals surface area (Å²) in [5, 5.41) is 41.0. The largest absolute Gasteiger partial charge is 0.504 e. The van der Waals surface area contributed by atoms with Gasteiger partial charge in [0, 0.05) is 5.69 Å². The van der Waals surface area contributed by atoms with Crippen LogP contribution in [0.5, 0.6) is 23.0 Å². The molecule has 0 aliphatic rings. The Morgan fingerprint density at radius 3 is 1.95 bits per heavy atom. The van der Waals surface area contributed by atoms with Crippen LogP contribution in [0.1, 0.15) is 27.6 Å². The minimum absolute atomic E-state index is 0.130. The van der Waals surface area contributed by atoms with Crippen LogP contribution in [-0.4, -0.2) is 58.8 Å². The summed E-state index contributed by atoms with van der Waals surface area (Å²) in [6, 6.07) is 10.4. The van der Waals surface area contributed by atoms with Gasteiger partial charge in [0.05, 0.1) is 10.5 Å². The Balaban J connectivity index is 1.63. The highest BCUT2D eigenvalue weighted by Crippen LogP contribution is 2.29. The molecule has 200 valence electrons. The van der Waals surface area contributed by atoms with E-state index in [1.165, 1.54) is 43.3 Å². The first-order chi connectivity index (χ1) is 17.8. The van der Waals surface area contributed by atoms with Crippen LogP contribution in [0.2, 0.25) is 0 Å². The van der Waals surface area contributed by atoms with Gasteiger partial charge in [-0.25, -0.2) is 17.9 Å². The van der Waals surface area contributed by atoms with Crippen molar-refractivity contribution >= 4 is 33.5 Å². The van der Waals surface area contributed by atoms with E-state index >= 15 is 0 Å². The minimum atomic E-state index is -4.38. The fourth-order valence-corrected chi connectivity index (χ4v) is 4.07. The number of benzene rings is 3. The van der Waals surface area contributed by atoms with Gasteiger partial charge in [0.2, 0.25) is 5.91 Å². The van der Waals surface area contributed by atoms with Crippen molar-refractivity contribution in [2.45, 2.75) is 24.0 Å². The van der Waals surface area contributed by atoms with E-state index in [-0.39, 0.29) is 16.1 Å². The monoisotopic (exact) mass is 545 g/mol. The second-order valence-electron chi connectivity index (χ2n) is 7.93. The zero-order chi connectivity index (χ0) is 28.2. The highest BCUT2D eigenvalue weighted by Gasteiger charge is 2.27. The molecule has 0 fully saturated rings. The van der Waals surface area contributed by atoms with Gasteiger partial charge in [-0.05, 0) is 55.5 Å². The molecule has 2 amide bonds. The third-order valence-electron chi connectivity index (χ3n) is 5.25. The number of hydrogen-bond acceptors (Lipinski definition) is 11. The molecule has 0 unspecified atom stereocenters. The molecule has 0 radical (unpaired) electrons. The number of ether oxygens (including phenoxy) is 1. The number of esters is 1. The summed E-state index contributed by atoms with van der Waals surface area (Å²) < 4.78 is 31.9. The molecule has 2 atom stereocenters. The summed E-state index contributed by atoms with van der Waals surface area (Å²) in [5.74, 6) is -5.59. The molecular weight excluding hydrogens is 522 g/mol. The van der Waals surface area contributed by atoms with Crippen molar-refractivity contribution in [3.63, 3.8) is 0 Å². The number of phenolic OH excluding ortho intramolecular Hbond substituents is 4. The Labute approximate surface area is 216 Å². The van der Waals surface area contributed by atoms with E-state index in [2.05, 4.69) is 5.32 Å². The molecule has 0 saturated heterocycles. The van der Waals surface area contributed by atoms with Gasteiger partial charge < -0.3 is 36.2 Å². The van der Waals surface area contributed by atoms with Crippen LogP contribution in [0.4, 0.5) is 5.69 Å². The number of hydrogen-bond donors (Lipinski definition) is 7. The van der Waals surface area contributed by atoms with Crippen molar-refractivity contribution in [2.75, 3.05) is 5.32 Å². The molecule has 13 nitrogen and oxygen atoms in total. The van der Waals surface area contributed by atoms with Crippen LogP contribution in [0.15, 0.2) is 65.6 Å². The van der Waals surface area contributed by atoms with Crippen molar-refractivity contribution in [3.05, 3.63) is 71.8 Å². The molecule has 0 spiro atoms. The molecule has 0 aromatic heterocycles. The van der Waals surface area contributed by atoms with Gasteiger partial charge in [-0.1, -0.05) is 12.1 Å². The Kier molecular flexibility index (Phi) is 8.08. The molecule has 38 heavy (non-hydrogen) atoms. The number of carbonyl (C=O) groups is 3. The lowest BCUT2D eigenvalue weighted by molar-refractivity contribution is -0.119. The van der Waals surface area contributed by atoms with Crippen LogP contribution in [0.25, 0.3) is 0 Å². The van der Waals surface area contributed by atoms with Gasteiger partial charge in [0.15, 0.2) is 23.0 Å². The molecule has 3 aromatic carbocycles. The third kappa shape index (κ3) is 6.11. The standard InChI is InChI=1S/C24H23N3O10S/c1-12(37-24(34)16-5-3-7-18(29)21(16)31)19(25)23(33)26-13-8-10-14(11-9-13)38(35,36)27-22(32)15-4-2-6-17(28)20(15)30/h2-12,19,28-31H,25H2,1H3,(H,26,33)(H,27,32)/t12-,19+/m1/s1. The number of phenols is 4. The zero-order valence-corrected chi connectivity index (χ0v) is 20.5. The van der Waals surface area contributed by atoms with Gasteiger partial charge >= 0.3 is 5.97 Å². The Hall–Kier alpha value is -4.82. The minimum Gasteiger partial charge on any atom is -0.504 e. The Morgan fingerprint density at radius 1 is 0.842 bits per heavy atom. The molecule has 8 N–H and O–H groups in total. The number of anilines is 1. The summed E-state index contributed by atoms with van der Waals surface area (Å²) in [6.45, 7) is 1.34. The molecule has 0 heterocycles. The summed E-state index contributed by atoms with van der Waals surface area (Å²) in [4.78, 5) is 36.7. The van der Waals surface area contributed by atoms with Crippen LogP contribution < -0.4 is 15.8 Å². The van der Waals surface area contributed by atoms with Gasteiger partial charge in [0.25, 0.3) is 15.9 Å². The molecule has 3 rings (SSSR count). The van der Waals surface area contributed by atoms with Crippen LogP contribution >= 0.6 is 0 Å². The fourth-order valence-electron chi connectivity index (χ4n) is 3.11. The van der Waals surface area contributed by atoms with E-state index in [0.29, 0.717) is 0 Å². The molecule has 3 aromatic rings. The summed E-state index contributed by atoms with van der Waals surface area (Å²) in [7, 11) is -4.38. The van der Waals surface area contributed by atoms with E-state index in [4.69, 9.17) is 10.5 Å². The SMILES string of the molecule is C[C@@H](OC(=O)c1cccc(O)c1O)[C@H](N)C(=O)Nc1ccc(S(=O)(=O)NC(=O)c2cccc(O)c2O)cc1. The van der Waals surface area contributed by atoms with Crippen molar-refractivity contribution < 1.29 is 48.0 Å². The van der Waals surface area contributed by atoms with E-state index in [0.717, 1.165) is 24.3 Å². The number of aromatic hydroxyl groups is 4. The normalized spacial score (nSPS) is 12.7. The average molecular weight is 546 g/mol. The number of rotatable bonds is 8. The Bertz CT molecular complexity index is 1490. The summed E-state index contributed by atoms with van der Waals surface area (Å²) >= 11 is 0. The van der Waals surface area contributed by atoms with Crippen molar-refractivity contribution in [1.82, 2.24) is 4.72 Å². The topological polar surface area (TPSA) is 226 Å². The maximum Gasteiger partial charge on any atom is 0.342 e. The average Bonchev–Trinajstić information content (AvgIpc) is 2.86. The lowest BCUT2D eigenvalue weighted by Crippen LogP contribution is -2.45. The van der Waals surface area contributed by atoms with E-state index in [1.54, 1.807) is 4.72 Å². The second kappa shape index (κ2) is 11.1. The number of nitrogens with two attached hydrogens (primary N) is 1. The van der Waals surface area contributed by atoms with Crippen LogP contribution in [0, 0.1) is 0 Å². The maximum atomic E-state index is 12.5. The van der Waals surface area contributed by atoms with E-state index < -0.39 is 68.5 Å². The number of nitrogens with one attached hydrogen (secondary N) is 2. The molecule has 0 saturated carbocycles. The number of carbonyl (C=O) groups excluding carboxylic acids is 3. The molecule has 0 bridgehead atoms. The van der Waals surface area contributed by atoms with Crippen molar-refractivity contribution in [3.8, 4) is 23.0 Å². The van der Waals surface area contributed by atoms with Crippen molar-refractivity contribution in [2.24, 2.45) is 5.73 Å². The van der Waals surface area contributed by atoms with Crippen molar-refractivity contribution in [1.29, 1.82) is 0 Å². The third-order valence-corrected chi connectivity index (χ3v) is 6.60. The summed E-state index contributed by atoms with van der Waals surface area (Å²) in [6.07, 6.45) is -1.16. The first kappa shape index (κ1) is 27.8. The first-order valence-corrected chi connectivity index (χ1v) is 12.3. The van der Waals surface area contributed by atoms with Crippen LogP contribution in [-0.2, 0) is 19.6 Å². The molecule has 0 aliphatic carbocycles. The quantitative estimate of drug-likeness (QED) is 0.157. The number of amides is 2. The predicted molar refractivity (Wildman–Crippen MR) is 132 cm³/mol. The highest BCUT2D eigenvalue weighted by atomic mass is 32.2. The maximum absolute atomic E-state index is 12.5. The van der Waals surface area contributed by atoms with Gasteiger partial charge in [-0.3, -0.25) is 9.59 Å². The lowest BCUT2D eigenvalue weighted by Gasteiger charge is -2.20. The van der Waals surface area contributed by atoms with E-state index in [9.17, 15) is 43.2 Å². The predicted octanol–water partition coefficient (Wildman–Crippen LogP) is 1.14. The fraction of sp³-hybridized carbons (Fsp3) is 0.125. The second-order valence-corrected chi connectivity index (χ2v) is 9.61. The Morgan fingerprint density at radius 2 is 1.37 bits per heavy atom. The molecule has 0 aliphatic heterocycles. The van der Waals surface area contributed by atoms with Gasteiger partial charge in [0.1, 0.15) is 17.7 Å². The smallest absolute Gasteiger partial charge is 0.342 e. The number of para-hydroxylation sites is 2. The van der Waals surface area contributed by atoms with Crippen LogP contribution in [0.3, 0.4) is 0 Å². The highest BCUT2D eigenvalue weighted by molar-refractivity contribution is 7.90. The molecule has 14 heteroatoms. The van der Waals surface area contributed by atoms with Gasteiger partial charge in [-0.15, -0.1) is 0 Å². The summed E-state index contributed by atoms with van der Waals surface area (Å²) in [5.41, 5.74) is 5.20. The molecular formula is C24H23N3O10S. The lowest BCUT2D eigenvalue weighted by atomic mass is 10.1.